The maximum absolute atomic E-state index is 9.09. The average molecular weight is 644 g/mol. The minimum absolute atomic E-state index is 0. The van der Waals surface area contributed by atoms with E-state index in [1.165, 1.54) is 41.6 Å². The van der Waals surface area contributed by atoms with E-state index >= 15 is 0 Å². The van der Waals surface area contributed by atoms with Crippen LogP contribution in [0.2, 0.25) is 0 Å². The molecule has 0 N–H and O–H groups in total. The van der Waals surface area contributed by atoms with Gasteiger partial charge in [0.05, 0.1) is 0 Å². The van der Waals surface area contributed by atoms with Crippen molar-refractivity contribution in [2.45, 2.75) is 6.85 Å². The molecule has 0 aliphatic carbocycles. The molecule has 5 rings (SSSR count). The number of nitrogens with zero attached hydrogens (tertiary/aromatic N) is 4. The second-order valence-corrected chi connectivity index (χ2v) is 7.40. The Balaban J connectivity index is 0.000000211. The van der Waals surface area contributed by atoms with Crippen LogP contribution in [0, 0.1) is 41.6 Å². The predicted molar refractivity (Wildman–Crippen MR) is 137 cm³/mol. The van der Waals surface area contributed by atoms with Gasteiger partial charge in [-0.2, -0.15) is 0 Å². The molecule has 0 aliphatic heterocycles. The van der Waals surface area contributed by atoms with Crippen LogP contribution in [0.15, 0.2) is 103 Å². The van der Waals surface area contributed by atoms with Crippen LogP contribution in [-0.2, 0) is 20.1 Å². The third-order valence-electron chi connectivity index (χ3n) is 5.06. The van der Waals surface area contributed by atoms with Crippen molar-refractivity contribution >= 4 is 0 Å². The van der Waals surface area contributed by atoms with Gasteiger partial charge in [-0.05, 0) is 52.1 Å². The number of pyridine rings is 2. The van der Waals surface area contributed by atoms with E-state index in [2.05, 4.69) is 40.3 Å². The number of aryl methyl sites for hydroxylation is 1. The van der Waals surface area contributed by atoms with Gasteiger partial charge in [-0.15, -0.1) is 59.7 Å². The van der Waals surface area contributed by atoms with Gasteiger partial charge in [0.15, 0.2) is 0 Å². The molecule has 1 radical (unpaired) electrons. The third kappa shape index (κ3) is 6.59. The Bertz CT molecular complexity index is 1550. The summed E-state index contributed by atoms with van der Waals surface area (Å²) in [6, 6.07) is 38.2. The second kappa shape index (κ2) is 12.9. The quantitative estimate of drug-likeness (QED) is 0.203. The fourth-order valence-corrected chi connectivity index (χ4v) is 3.34. The van der Waals surface area contributed by atoms with Gasteiger partial charge in [0.2, 0.25) is 0 Å². The second-order valence-electron chi connectivity index (χ2n) is 7.40. The molecule has 0 unspecified atom stereocenters. The van der Waals surface area contributed by atoms with Crippen LogP contribution in [0.3, 0.4) is 0 Å². The number of aromatic nitrogens is 2. The Morgan fingerprint density at radius 3 is 2.31 bits per heavy atom. The summed E-state index contributed by atoms with van der Waals surface area (Å²) in [5.74, 6) is 0. The molecule has 3 aromatic carbocycles. The van der Waals surface area contributed by atoms with Gasteiger partial charge in [-0.1, -0.05) is 48.5 Å². The normalized spacial score (nSPS) is 11.1. The fraction of sp³-hybridized carbons (Fsp3) is 0.0323. The van der Waals surface area contributed by atoms with Crippen molar-refractivity contribution < 1.29 is 24.2 Å². The topological polar surface area (TPSA) is 73.4 Å². The third-order valence-corrected chi connectivity index (χ3v) is 5.06. The summed E-state index contributed by atoms with van der Waals surface area (Å²) in [6.45, 7) is -2.21. The number of hydrogen-bond donors (Lipinski definition) is 0. The molecule has 0 bridgehead atoms. The van der Waals surface area contributed by atoms with Crippen molar-refractivity contribution in [1.29, 1.82) is 10.5 Å². The van der Waals surface area contributed by atoms with Crippen LogP contribution < -0.4 is 0 Å². The molecule has 5 heteroatoms. The number of benzene rings is 3. The molecule has 0 atom stereocenters. The van der Waals surface area contributed by atoms with E-state index in [9.17, 15) is 0 Å². The van der Waals surface area contributed by atoms with E-state index in [4.69, 9.17) is 14.6 Å². The minimum Gasteiger partial charge on any atom is -0.305 e. The van der Waals surface area contributed by atoms with E-state index in [1.54, 1.807) is 0 Å². The van der Waals surface area contributed by atoms with Crippen molar-refractivity contribution in [3.8, 4) is 45.8 Å². The molecule has 2 heterocycles. The van der Waals surface area contributed by atoms with E-state index in [1.807, 2.05) is 66.9 Å². The van der Waals surface area contributed by atoms with Crippen molar-refractivity contribution in [1.82, 2.24) is 9.97 Å². The summed E-state index contributed by atoms with van der Waals surface area (Å²) in [5, 5.41) is 17.9. The number of hydrogen-bond acceptors (Lipinski definition) is 4. The van der Waals surface area contributed by atoms with Gasteiger partial charge in [0.25, 0.3) is 0 Å². The number of rotatable bonds is 3. The summed E-state index contributed by atoms with van der Waals surface area (Å²) in [5.41, 5.74) is 6.00. The van der Waals surface area contributed by atoms with Crippen LogP contribution in [-0.4, -0.2) is 9.97 Å². The van der Waals surface area contributed by atoms with Crippen molar-refractivity contribution in [3.63, 3.8) is 0 Å². The average Bonchev–Trinajstić information content (AvgIpc) is 2.98. The van der Waals surface area contributed by atoms with Crippen LogP contribution in [0.5, 0.6) is 0 Å². The zero-order valence-corrected chi connectivity index (χ0v) is 21.3. The summed E-state index contributed by atoms with van der Waals surface area (Å²) in [6.07, 6.45) is 3.11. The van der Waals surface area contributed by atoms with Gasteiger partial charge in [0, 0.05) is 48.7 Å². The first kappa shape index (κ1) is 22.1. The van der Waals surface area contributed by atoms with Crippen LogP contribution >= 0.6 is 0 Å². The molecule has 175 valence electrons. The van der Waals surface area contributed by atoms with E-state index in [0.29, 0.717) is 16.8 Å². The van der Waals surface area contributed by atoms with Crippen molar-refractivity contribution in [3.05, 3.63) is 132 Å². The molecule has 0 aliphatic rings. The Morgan fingerprint density at radius 2 is 1.64 bits per heavy atom. The Labute approximate surface area is 229 Å². The van der Waals surface area contributed by atoms with Crippen molar-refractivity contribution in [2.75, 3.05) is 0 Å². The predicted octanol–water partition coefficient (Wildman–Crippen LogP) is 6.81. The minimum atomic E-state index is -2.21. The molecular formula is C31H20IrN4-2. The summed E-state index contributed by atoms with van der Waals surface area (Å²) in [7, 11) is 0. The van der Waals surface area contributed by atoms with Gasteiger partial charge in [-0.25, -0.2) is 10.5 Å². The molecule has 5 aromatic rings. The zero-order valence-electron chi connectivity index (χ0n) is 21.9. The largest absolute Gasteiger partial charge is 0.305 e. The molecule has 0 saturated carbocycles. The maximum Gasteiger partial charge on any atom is 0.0477 e. The zero-order chi connectivity index (χ0) is 27.0. The molecule has 0 fully saturated rings. The Hall–Kier alpha value is -4.41. The SMILES string of the molecule is [2H]C([2H])([2H])c1ccc(-c2[c-]cc(C#N)cc2C#N)nc1.[Ir].[c-]1ccccc1-c1cc(-c2ccccc2)ccn1. The summed E-state index contributed by atoms with van der Waals surface area (Å²) in [4.78, 5) is 8.46. The van der Waals surface area contributed by atoms with Gasteiger partial charge in [-0.3, -0.25) is 0 Å². The molecule has 0 spiro atoms. The van der Waals surface area contributed by atoms with Crippen LogP contribution in [0.25, 0.3) is 33.6 Å². The first-order valence-corrected chi connectivity index (χ1v) is 10.7. The smallest absolute Gasteiger partial charge is 0.0477 e. The van der Waals surface area contributed by atoms with E-state index < -0.39 is 6.85 Å². The Kier molecular flexibility index (Phi) is 7.90. The van der Waals surface area contributed by atoms with E-state index in [-0.39, 0.29) is 31.2 Å². The molecule has 36 heavy (non-hydrogen) atoms. The van der Waals surface area contributed by atoms with E-state index in [0.717, 1.165) is 11.3 Å². The molecular weight excluding hydrogens is 621 g/mol. The van der Waals surface area contributed by atoms with Crippen molar-refractivity contribution in [2.24, 2.45) is 0 Å². The first-order valence-electron chi connectivity index (χ1n) is 12.2. The number of nitriles is 2. The maximum atomic E-state index is 9.09. The van der Waals surface area contributed by atoms with Gasteiger partial charge < -0.3 is 9.97 Å². The van der Waals surface area contributed by atoms with Crippen LogP contribution in [0.1, 0.15) is 20.8 Å². The monoisotopic (exact) mass is 644 g/mol. The first-order chi connectivity index (χ1) is 18.4. The molecule has 0 amide bonds. The fourth-order valence-electron chi connectivity index (χ4n) is 3.34. The summed E-state index contributed by atoms with van der Waals surface area (Å²) < 4.78 is 21.8. The van der Waals surface area contributed by atoms with Gasteiger partial charge >= 0.3 is 0 Å². The van der Waals surface area contributed by atoms with Crippen LogP contribution in [0.4, 0.5) is 0 Å². The Morgan fingerprint density at radius 1 is 0.806 bits per heavy atom. The standard InChI is InChI=1S/C17H12N.C14H8N3.Ir/c1-3-7-14(8-4-1)16-11-12-18-17(13-16)15-9-5-2-6-10-15;1-10-2-5-14(17-9-10)13-4-3-11(7-15)6-12(13)8-16;/h1-9,11-13H;2-3,5-6,9H,1H3;/q2*-1;/i;1D3;. The summed E-state index contributed by atoms with van der Waals surface area (Å²) >= 11 is 0. The van der Waals surface area contributed by atoms with Gasteiger partial charge in [0.1, 0.15) is 0 Å². The molecule has 2 aromatic heterocycles. The molecule has 4 nitrogen and oxygen atoms in total. The molecule has 0 saturated heterocycles.